The first kappa shape index (κ1) is 14.9. The molecule has 0 aliphatic carbocycles. The third-order valence-corrected chi connectivity index (χ3v) is 3.24. The van der Waals surface area contributed by atoms with E-state index in [1.807, 2.05) is 13.8 Å². The van der Waals surface area contributed by atoms with Crippen LogP contribution in [0.25, 0.3) is 0 Å². The summed E-state index contributed by atoms with van der Waals surface area (Å²) in [5, 5.41) is 10.0. The van der Waals surface area contributed by atoms with Crippen LogP contribution < -0.4 is 10.5 Å². The Labute approximate surface area is 108 Å². The summed E-state index contributed by atoms with van der Waals surface area (Å²) >= 11 is 0. The van der Waals surface area contributed by atoms with Gasteiger partial charge in [0.2, 0.25) is 0 Å². The van der Waals surface area contributed by atoms with Crippen molar-refractivity contribution >= 4 is 0 Å². The minimum absolute atomic E-state index is 0.0608. The van der Waals surface area contributed by atoms with Gasteiger partial charge in [-0.3, -0.25) is 0 Å². The number of ether oxygens (including phenoxy) is 1. The molecule has 3 N–H and O–H groups in total. The Morgan fingerprint density at radius 2 is 2.00 bits per heavy atom. The van der Waals surface area contributed by atoms with Crippen LogP contribution >= 0.6 is 0 Å². The first-order valence-electron chi connectivity index (χ1n) is 6.14. The van der Waals surface area contributed by atoms with Gasteiger partial charge in [0.25, 0.3) is 0 Å². The topological polar surface area (TPSA) is 55.5 Å². The van der Waals surface area contributed by atoms with Crippen molar-refractivity contribution in [3.8, 4) is 5.75 Å². The zero-order valence-electron chi connectivity index (χ0n) is 11.4. The minimum Gasteiger partial charge on any atom is -0.490 e. The first-order valence-corrected chi connectivity index (χ1v) is 6.14. The zero-order valence-corrected chi connectivity index (χ0v) is 11.4. The van der Waals surface area contributed by atoms with E-state index in [2.05, 4.69) is 0 Å². The molecule has 1 rings (SSSR count). The van der Waals surface area contributed by atoms with Gasteiger partial charge < -0.3 is 15.6 Å². The van der Waals surface area contributed by atoms with Crippen molar-refractivity contribution < 1.29 is 14.2 Å². The van der Waals surface area contributed by atoms with Crippen LogP contribution in [-0.2, 0) is 0 Å². The molecule has 0 fully saturated rings. The number of benzene rings is 1. The van der Waals surface area contributed by atoms with Crippen molar-refractivity contribution in [1.29, 1.82) is 0 Å². The van der Waals surface area contributed by atoms with E-state index in [1.54, 1.807) is 26.0 Å². The Morgan fingerprint density at radius 3 is 2.44 bits per heavy atom. The highest BCUT2D eigenvalue weighted by Gasteiger charge is 2.25. The van der Waals surface area contributed by atoms with Crippen LogP contribution in [0.2, 0.25) is 0 Å². The Kier molecular flexibility index (Phi) is 4.71. The van der Waals surface area contributed by atoms with Gasteiger partial charge in [-0.15, -0.1) is 0 Å². The van der Waals surface area contributed by atoms with Crippen LogP contribution in [-0.4, -0.2) is 17.3 Å². The number of halogens is 1. The van der Waals surface area contributed by atoms with Gasteiger partial charge in [0, 0.05) is 17.7 Å². The number of nitrogens with two attached hydrogens (primary N) is 1. The fourth-order valence-corrected chi connectivity index (χ4v) is 1.36. The zero-order chi connectivity index (χ0) is 13.9. The van der Waals surface area contributed by atoms with Crippen LogP contribution in [0.3, 0.4) is 0 Å². The average molecular weight is 255 g/mol. The molecule has 102 valence electrons. The van der Waals surface area contributed by atoms with Gasteiger partial charge in [-0.2, -0.15) is 0 Å². The molecule has 0 heterocycles. The van der Waals surface area contributed by atoms with Crippen LogP contribution in [0.1, 0.15) is 39.3 Å². The van der Waals surface area contributed by atoms with Crippen molar-refractivity contribution in [2.45, 2.75) is 39.3 Å². The van der Waals surface area contributed by atoms with E-state index in [0.717, 1.165) is 0 Å². The lowest BCUT2D eigenvalue weighted by molar-refractivity contribution is -0.0267. The third-order valence-electron chi connectivity index (χ3n) is 3.24. The summed E-state index contributed by atoms with van der Waals surface area (Å²) < 4.78 is 19.1. The van der Waals surface area contributed by atoms with Crippen molar-refractivity contribution in [2.24, 2.45) is 11.7 Å². The van der Waals surface area contributed by atoms with E-state index in [-0.39, 0.29) is 24.4 Å². The Bertz CT molecular complexity index is 403. The van der Waals surface area contributed by atoms with E-state index in [9.17, 15) is 9.50 Å². The predicted octanol–water partition coefficient (Wildman–Crippen LogP) is 2.63. The Balaban J connectivity index is 2.73. The molecule has 1 aromatic carbocycles. The number of aliphatic hydroxyl groups is 1. The Morgan fingerprint density at radius 1 is 1.39 bits per heavy atom. The molecule has 0 amide bonds. The lowest BCUT2D eigenvalue weighted by atomic mass is 9.94. The molecule has 0 saturated heterocycles. The van der Waals surface area contributed by atoms with Crippen LogP contribution in [0.15, 0.2) is 18.2 Å². The molecular weight excluding hydrogens is 233 g/mol. The third kappa shape index (κ3) is 3.68. The number of hydrogen-bond acceptors (Lipinski definition) is 3. The summed E-state index contributed by atoms with van der Waals surface area (Å²) in [5.74, 6) is 0.0789. The minimum atomic E-state index is -0.934. The second-order valence-electron chi connectivity index (χ2n) is 5.27. The van der Waals surface area contributed by atoms with Crippen molar-refractivity contribution in [3.63, 3.8) is 0 Å². The molecule has 0 aromatic heterocycles. The molecule has 1 unspecified atom stereocenters. The molecule has 3 nitrogen and oxygen atoms in total. The summed E-state index contributed by atoms with van der Waals surface area (Å²) in [6.45, 7) is 7.36. The standard InChI is InChI=1S/C14H22FNO2/c1-9(2)14(4,17)8-18-11-5-6-12(10(3)16)13(15)7-11/h5-7,9-10,17H,8,16H2,1-4H3/t10-,14?/m0/s1. The van der Waals surface area contributed by atoms with E-state index in [0.29, 0.717) is 11.3 Å². The van der Waals surface area contributed by atoms with Gasteiger partial charge in [0.05, 0.1) is 5.60 Å². The number of rotatable bonds is 5. The van der Waals surface area contributed by atoms with Crippen molar-refractivity contribution in [3.05, 3.63) is 29.6 Å². The quantitative estimate of drug-likeness (QED) is 0.850. The van der Waals surface area contributed by atoms with Gasteiger partial charge in [0.15, 0.2) is 0 Å². The second-order valence-corrected chi connectivity index (χ2v) is 5.27. The summed E-state index contributed by atoms with van der Waals surface area (Å²) in [5.41, 5.74) is 5.15. The largest absolute Gasteiger partial charge is 0.490 e. The maximum atomic E-state index is 13.7. The van der Waals surface area contributed by atoms with Gasteiger partial charge in [-0.25, -0.2) is 4.39 Å². The summed E-state index contributed by atoms with van der Waals surface area (Å²) in [7, 11) is 0. The highest BCUT2D eigenvalue weighted by Crippen LogP contribution is 2.23. The lowest BCUT2D eigenvalue weighted by Crippen LogP contribution is -2.37. The lowest BCUT2D eigenvalue weighted by Gasteiger charge is -2.27. The smallest absolute Gasteiger partial charge is 0.131 e. The summed E-state index contributed by atoms with van der Waals surface area (Å²) in [6.07, 6.45) is 0. The summed E-state index contributed by atoms with van der Waals surface area (Å²) in [4.78, 5) is 0. The van der Waals surface area contributed by atoms with E-state index < -0.39 is 5.60 Å². The van der Waals surface area contributed by atoms with E-state index in [1.165, 1.54) is 6.07 Å². The van der Waals surface area contributed by atoms with Crippen LogP contribution in [0, 0.1) is 11.7 Å². The highest BCUT2D eigenvalue weighted by molar-refractivity contribution is 5.30. The molecule has 0 bridgehead atoms. The average Bonchev–Trinajstić information content (AvgIpc) is 2.25. The molecule has 0 aliphatic heterocycles. The molecule has 0 saturated carbocycles. The maximum absolute atomic E-state index is 13.7. The fourth-order valence-electron chi connectivity index (χ4n) is 1.36. The molecule has 0 spiro atoms. The molecule has 2 atom stereocenters. The molecule has 0 aliphatic rings. The molecular formula is C14H22FNO2. The van der Waals surface area contributed by atoms with Crippen LogP contribution in [0.5, 0.6) is 5.75 Å². The van der Waals surface area contributed by atoms with Gasteiger partial charge in [0.1, 0.15) is 18.2 Å². The van der Waals surface area contributed by atoms with Crippen LogP contribution in [0.4, 0.5) is 4.39 Å². The molecule has 4 heteroatoms. The first-order chi connectivity index (χ1) is 8.24. The van der Waals surface area contributed by atoms with E-state index >= 15 is 0 Å². The second kappa shape index (κ2) is 5.67. The SMILES string of the molecule is CC(C)C(C)(O)COc1ccc([C@H](C)N)c(F)c1. The predicted molar refractivity (Wildman–Crippen MR) is 70.0 cm³/mol. The molecule has 18 heavy (non-hydrogen) atoms. The van der Waals surface area contributed by atoms with Gasteiger partial charge in [-0.1, -0.05) is 19.9 Å². The highest BCUT2D eigenvalue weighted by atomic mass is 19.1. The monoisotopic (exact) mass is 255 g/mol. The van der Waals surface area contributed by atoms with Crippen molar-refractivity contribution in [2.75, 3.05) is 6.61 Å². The molecule has 1 aromatic rings. The fraction of sp³-hybridized carbons (Fsp3) is 0.571. The van der Waals surface area contributed by atoms with E-state index in [4.69, 9.17) is 10.5 Å². The van der Waals surface area contributed by atoms with Gasteiger partial charge >= 0.3 is 0 Å². The number of hydrogen-bond donors (Lipinski definition) is 2. The molecule has 0 radical (unpaired) electrons. The Hall–Kier alpha value is -1.13. The summed E-state index contributed by atoms with van der Waals surface area (Å²) in [6, 6.07) is 4.23. The van der Waals surface area contributed by atoms with Crippen molar-refractivity contribution in [1.82, 2.24) is 0 Å². The maximum Gasteiger partial charge on any atom is 0.131 e. The van der Waals surface area contributed by atoms with Gasteiger partial charge in [-0.05, 0) is 25.8 Å². The normalized spacial score (nSPS) is 16.4.